The molecule has 1 rings (SSSR count). The Morgan fingerprint density at radius 3 is 1.93 bits per heavy atom. The van der Waals surface area contributed by atoms with Crippen LogP contribution < -0.4 is 0 Å². The molecule has 0 aliphatic carbocycles. The Hall–Kier alpha value is 1.85. The molecule has 0 bridgehead atoms. The molecule has 0 spiro atoms. The maximum atomic E-state index is 2.56. The Bertz CT molecular complexity index is 1050. The van der Waals surface area contributed by atoms with Crippen molar-refractivity contribution in [1.29, 1.82) is 0 Å². The van der Waals surface area contributed by atoms with Crippen LogP contribution in [0.2, 0.25) is 0 Å². The van der Waals surface area contributed by atoms with Crippen LogP contribution in [-0.4, -0.2) is 21.5 Å². The van der Waals surface area contributed by atoms with Gasteiger partial charge in [0, 0.05) is 21.5 Å². The standard InChI is InChI=1S/C40H72S9.C5H10.2CH4/c1-12-19-35(16-5)29-41-42-36(22-18-17-21-30(6)7)24-23-34(11)40-39(45-48-49-46-40)28-33(10)27-38(26-32(9)15-4)44-47-43-37(20-13-2)25-31(8)14-3;1-3-5-4-2;;/h19-22,31-34,38-40H,12-18,23-29H2,1-11H3;3,5H,4H2,1-2H3;2*1H4/b35-19+,36-22+,37-20+;5-3-;;. The van der Waals surface area contributed by atoms with E-state index in [0.29, 0.717) is 0 Å². The summed E-state index contributed by atoms with van der Waals surface area (Å²) in [5, 5.41) is 2.21. The van der Waals surface area contributed by atoms with E-state index < -0.39 is 0 Å². The smallest absolute Gasteiger partial charge is 0.0313 e. The van der Waals surface area contributed by atoms with Crippen LogP contribution in [-0.2, 0) is 0 Å². The van der Waals surface area contributed by atoms with Crippen molar-refractivity contribution in [2.45, 2.75) is 211 Å². The van der Waals surface area contributed by atoms with Crippen LogP contribution in [0.5, 0.6) is 0 Å². The van der Waals surface area contributed by atoms with Gasteiger partial charge in [0.1, 0.15) is 0 Å². The largest absolute Gasteiger partial charge is 0.0917 e. The van der Waals surface area contributed by atoms with Crippen LogP contribution >= 0.6 is 94.2 Å². The van der Waals surface area contributed by atoms with Crippen molar-refractivity contribution in [3.63, 3.8) is 0 Å². The predicted octanol–water partition coefficient (Wildman–Crippen LogP) is 21.8. The van der Waals surface area contributed by atoms with Gasteiger partial charge < -0.3 is 0 Å². The minimum atomic E-state index is 0. The third kappa shape index (κ3) is 33.5. The lowest BCUT2D eigenvalue weighted by molar-refractivity contribution is 0.405. The highest BCUT2D eigenvalue weighted by molar-refractivity contribution is 9.27. The number of allylic oxidation sites excluding steroid dienone is 9. The molecule has 7 unspecified atom stereocenters. The lowest BCUT2D eigenvalue weighted by Crippen LogP contribution is -2.29. The lowest BCUT2D eigenvalue weighted by atomic mass is 9.90. The number of hydrogen-bond donors (Lipinski definition) is 0. The van der Waals surface area contributed by atoms with E-state index in [2.05, 4.69) is 194 Å². The first-order valence-corrected chi connectivity index (χ1v) is 32.0. The molecule has 0 aromatic carbocycles. The van der Waals surface area contributed by atoms with Gasteiger partial charge in [0.2, 0.25) is 0 Å². The maximum Gasteiger partial charge on any atom is 0.0313 e. The Morgan fingerprint density at radius 2 is 1.36 bits per heavy atom. The van der Waals surface area contributed by atoms with Gasteiger partial charge in [-0.1, -0.05) is 209 Å². The third-order valence-corrected chi connectivity index (χ3v) is 24.4. The molecule has 56 heavy (non-hydrogen) atoms. The van der Waals surface area contributed by atoms with Crippen molar-refractivity contribution in [2.75, 3.05) is 5.75 Å². The SMILES string of the molecule is C.C.C/C=C\CC.CC/C=C(\CC)CSS/C(=C/CCC=C(C)C)CCC(C)C1SSSSC1CC(C)CC(CC(C)CC)SSS/C(=C/CC)CC(C)CC. The Morgan fingerprint density at radius 1 is 0.714 bits per heavy atom. The van der Waals surface area contributed by atoms with Crippen molar-refractivity contribution in [2.24, 2.45) is 23.7 Å². The summed E-state index contributed by atoms with van der Waals surface area (Å²) in [5.74, 6) is 4.22. The van der Waals surface area contributed by atoms with Gasteiger partial charge in [0.25, 0.3) is 0 Å². The molecule has 1 aliphatic heterocycles. The molecular formula is C47H90S9. The molecule has 332 valence electrons. The van der Waals surface area contributed by atoms with Crippen LogP contribution in [0.25, 0.3) is 0 Å². The Balaban J connectivity index is -0.00000375. The highest BCUT2D eigenvalue weighted by Crippen LogP contribution is 2.58. The van der Waals surface area contributed by atoms with E-state index in [9.17, 15) is 0 Å². The van der Waals surface area contributed by atoms with Crippen LogP contribution in [0, 0.1) is 23.7 Å². The minimum Gasteiger partial charge on any atom is -0.0917 e. The van der Waals surface area contributed by atoms with Gasteiger partial charge in [0.15, 0.2) is 0 Å². The summed E-state index contributed by atoms with van der Waals surface area (Å²) in [6.45, 7) is 30.1. The molecule has 9 heteroatoms. The van der Waals surface area contributed by atoms with Crippen LogP contribution in [0.4, 0.5) is 0 Å². The van der Waals surface area contributed by atoms with E-state index in [1.54, 1.807) is 15.4 Å². The lowest BCUT2D eigenvalue weighted by Gasteiger charge is -2.35. The van der Waals surface area contributed by atoms with Gasteiger partial charge in [-0.05, 0) is 161 Å². The van der Waals surface area contributed by atoms with Gasteiger partial charge in [-0.15, -0.1) is 0 Å². The fourth-order valence-corrected chi connectivity index (χ4v) is 22.6. The third-order valence-electron chi connectivity index (χ3n) is 9.69. The number of hydrogen-bond acceptors (Lipinski definition) is 9. The molecule has 0 nitrogen and oxygen atoms in total. The molecule has 1 saturated heterocycles. The van der Waals surface area contributed by atoms with E-state index in [4.69, 9.17) is 0 Å². The van der Waals surface area contributed by atoms with Crippen molar-refractivity contribution in [1.82, 2.24) is 0 Å². The zero-order valence-corrected chi connectivity index (χ0v) is 44.1. The molecule has 1 fully saturated rings. The average Bonchev–Trinajstić information content (AvgIpc) is 3.15. The zero-order chi connectivity index (χ0) is 40.6. The molecule has 1 heterocycles. The highest BCUT2D eigenvalue weighted by atomic mass is 33.7. The van der Waals surface area contributed by atoms with Crippen LogP contribution in [0.3, 0.4) is 0 Å². The summed E-state index contributed by atoms with van der Waals surface area (Å²) in [6, 6.07) is 0. The van der Waals surface area contributed by atoms with E-state index in [0.717, 1.165) is 77.3 Å². The highest BCUT2D eigenvalue weighted by Gasteiger charge is 2.34. The first kappa shape index (κ1) is 62.1. The fourth-order valence-electron chi connectivity index (χ4n) is 5.94. The van der Waals surface area contributed by atoms with E-state index in [1.165, 1.54) is 63.4 Å². The summed E-state index contributed by atoms with van der Waals surface area (Å²) in [7, 11) is 18.9. The molecule has 0 N–H and O–H groups in total. The zero-order valence-electron chi connectivity index (χ0n) is 36.8. The summed E-state index contributed by atoms with van der Waals surface area (Å²) in [6.07, 6.45) is 31.4. The second-order valence-electron chi connectivity index (χ2n) is 15.3. The van der Waals surface area contributed by atoms with E-state index in [1.807, 2.05) is 26.6 Å². The quantitative estimate of drug-likeness (QED) is 0.0405. The summed E-state index contributed by atoms with van der Waals surface area (Å²) in [4.78, 5) is 3.20. The first-order valence-electron chi connectivity index (χ1n) is 21.2. The predicted molar refractivity (Wildman–Crippen MR) is 292 cm³/mol. The normalized spacial score (nSPS) is 19.2. The first-order chi connectivity index (χ1) is 26.0. The van der Waals surface area contributed by atoms with E-state index >= 15 is 0 Å². The molecule has 0 amide bonds. The maximum absolute atomic E-state index is 2.56. The topological polar surface area (TPSA) is 0 Å². The second-order valence-corrected chi connectivity index (χ2v) is 28.4. The van der Waals surface area contributed by atoms with Crippen molar-refractivity contribution in [3.8, 4) is 0 Å². The average molecular weight is 944 g/mol. The molecule has 1 aliphatic rings. The summed E-state index contributed by atoms with van der Waals surface area (Å²) >= 11 is 0. The van der Waals surface area contributed by atoms with Crippen LogP contribution in [0.1, 0.15) is 195 Å². The molecular weight excluding hydrogens is 853 g/mol. The fraction of sp³-hybridized carbons (Fsp3) is 0.787. The molecule has 0 radical (unpaired) electrons. The van der Waals surface area contributed by atoms with Gasteiger partial charge in [-0.3, -0.25) is 0 Å². The van der Waals surface area contributed by atoms with Crippen molar-refractivity contribution >= 4 is 94.2 Å². The minimum absolute atomic E-state index is 0. The van der Waals surface area contributed by atoms with Gasteiger partial charge in [-0.2, -0.15) is 0 Å². The van der Waals surface area contributed by atoms with Crippen molar-refractivity contribution in [3.05, 3.63) is 57.4 Å². The van der Waals surface area contributed by atoms with E-state index in [-0.39, 0.29) is 14.9 Å². The summed E-state index contributed by atoms with van der Waals surface area (Å²) in [5.41, 5.74) is 3.03. The molecule has 0 aromatic heterocycles. The molecule has 0 saturated carbocycles. The molecule has 7 atom stereocenters. The van der Waals surface area contributed by atoms with Crippen LogP contribution in [0.15, 0.2) is 57.4 Å². The number of unbranched alkanes of at least 4 members (excludes halogenated alkanes) is 1. The van der Waals surface area contributed by atoms with Crippen molar-refractivity contribution < 1.29 is 0 Å². The Kier molecular flexibility index (Phi) is 46.8. The van der Waals surface area contributed by atoms with Gasteiger partial charge >= 0.3 is 0 Å². The number of rotatable bonds is 29. The summed E-state index contributed by atoms with van der Waals surface area (Å²) < 4.78 is 0. The van der Waals surface area contributed by atoms with Gasteiger partial charge in [-0.25, -0.2) is 0 Å². The second kappa shape index (κ2) is 42.2. The Labute approximate surface area is 388 Å². The van der Waals surface area contributed by atoms with Gasteiger partial charge in [0.05, 0.1) is 0 Å². The monoisotopic (exact) mass is 942 g/mol. The molecule has 0 aromatic rings.